The average molecular weight is 338 g/mol. The van der Waals surface area contributed by atoms with Gasteiger partial charge in [-0.25, -0.2) is 0 Å². The van der Waals surface area contributed by atoms with E-state index < -0.39 is 0 Å². The van der Waals surface area contributed by atoms with Gasteiger partial charge in [-0.05, 0) is 43.5 Å². The number of fused-ring (bicyclic) bond motifs is 1. The van der Waals surface area contributed by atoms with Crippen molar-refractivity contribution in [2.75, 3.05) is 0 Å². The molecule has 0 saturated heterocycles. The van der Waals surface area contributed by atoms with Crippen molar-refractivity contribution in [3.05, 3.63) is 68.8 Å². The van der Waals surface area contributed by atoms with Gasteiger partial charge in [0.2, 0.25) is 5.91 Å². The number of rotatable bonds is 5. The Hall–Kier alpha value is -2.82. The number of amides is 1. The third-order valence-electron chi connectivity index (χ3n) is 4.44. The molecule has 3 aromatic rings. The number of hydrogen-bond acceptors (Lipinski definition) is 3. The number of aromatic amines is 1. The minimum Gasteiger partial charge on any atom is -0.464 e. The molecule has 2 aromatic heterocycles. The van der Waals surface area contributed by atoms with E-state index in [2.05, 4.69) is 23.3 Å². The van der Waals surface area contributed by atoms with Gasteiger partial charge in [-0.15, -0.1) is 0 Å². The Labute approximate surface area is 146 Å². The van der Waals surface area contributed by atoms with Crippen molar-refractivity contribution in [2.24, 2.45) is 0 Å². The lowest BCUT2D eigenvalue weighted by atomic mass is 10.1. The standard InChI is InChI=1S/C20H22N2O3/c1-4-14-5-6-16-15(11-25-18(16)8-14)9-19(23)21-10-17-12(2)7-13(3)22-20(17)24/h5-8,11H,4,9-10H2,1-3H3,(H,21,23)(H,22,24). The molecule has 0 aliphatic heterocycles. The summed E-state index contributed by atoms with van der Waals surface area (Å²) in [6, 6.07) is 7.95. The lowest BCUT2D eigenvalue weighted by molar-refractivity contribution is -0.120. The normalized spacial score (nSPS) is 11.0. The smallest absolute Gasteiger partial charge is 0.253 e. The van der Waals surface area contributed by atoms with Gasteiger partial charge in [0.25, 0.3) is 5.56 Å². The molecule has 5 heteroatoms. The molecular formula is C20H22N2O3. The van der Waals surface area contributed by atoms with Crippen molar-refractivity contribution >= 4 is 16.9 Å². The fourth-order valence-electron chi connectivity index (χ4n) is 3.01. The topological polar surface area (TPSA) is 75.1 Å². The Morgan fingerprint density at radius 1 is 1.24 bits per heavy atom. The fraction of sp³-hybridized carbons (Fsp3) is 0.300. The van der Waals surface area contributed by atoms with Gasteiger partial charge in [-0.2, -0.15) is 0 Å². The Balaban J connectivity index is 1.70. The van der Waals surface area contributed by atoms with E-state index in [0.29, 0.717) is 5.56 Å². The number of furan rings is 1. The number of aryl methyl sites for hydroxylation is 3. The summed E-state index contributed by atoms with van der Waals surface area (Å²) in [5.74, 6) is -0.137. The highest BCUT2D eigenvalue weighted by Crippen LogP contribution is 2.23. The molecule has 3 rings (SSSR count). The largest absolute Gasteiger partial charge is 0.464 e. The number of aromatic nitrogens is 1. The van der Waals surface area contributed by atoms with Gasteiger partial charge in [-0.1, -0.05) is 19.1 Å². The maximum Gasteiger partial charge on any atom is 0.253 e. The van der Waals surface area contributed by atoms with E-state index in [1.165, 1.54) is 5.56 Å². The summed E-state index contributed by atoms with van der Waals surface area (Å²) in [5, 5.41) is 3.78. The van der Waals surface area contributed by atoms with Gasteiger partial charge >= 0.3 is 0 Å². The summed E-state index contributed by atoms with van der Waals surface area (Å²) in [5.41, 5.74) is 4.98. The zero-order valence-corrected chi connectivity index (χ0v) is 14.7. The first-order chi connectivity index (χ1) is 12.0. The van der Waals surface area contributed by atoms with Crippen molar-refractivity contribution in [1.29, 1.82) is 0 Å². The molecular weight excluding hydrogens is 316 g/mol. The first-order valence-electron chi connectivity index (χ1n) is 8.43. The summed E-state index contributed by atoms with van der Waals surface area (Å²) >= 11 is 0. The van der Waals surface area contributed by atoms with Crippen LogP contribution in [0.15, 0.2) is 39.7 Å². The van der Waals surface area contributed by atoms with Crippen LogP contribution in [0.1, 0.15) is 34.9 Å². The van der Waals surface area contributed by atoms with Crippen LogP contribution in [0.5, 0.6) is 0 Å². The molecule has 25 heavy (non-hydrogen) atoms. The SMILES string of the molecule is CCc1ccc2c(CC(=O)NCc3c(C)cc(C)[nH]c3=O)coc2c1. The molecule has 2 N–H and O–H groups in total. The maximum atomic E-state index is 12.3. The number of hydrogen-bond donors (Lipinski definition) is 2. The van der Waals surface area contributed by atoms with Crippen LogP contribution in [0, 0.1) is 13.8 Å². The lowest BCUT2D eigenvalue weighted by Gasteiger charge is -2.08. The van der Waals surface area contributed by atoms with E-state index in [0.717, 1.165) is 34.2 Å². The van der Waals surface area contributed by atoms with E-state index in [9.17, 15) is 9.59 Å². The Morgan fingerprint density at radius 3 is 2.76 bits per heavy atom. The molecule has 2 heterocycles. The molecule has 130 valence electrons. The zero-order valence-electron chi connectivity index (χ0n) is 14.7. The molecule has 0 atom stereocenters. The summed E-state index contributed by atoms with van der Waals surface area (Å²) in [6.45, 7) is 6.02. The zero-order chi connectivity index (χ0) is 18.0. The van der Waals surface area contributed by atoms with E-state index >= 15 is 0 Å². The molecule has 0 fully saturated rings. The highest BCUT2D eigenvalue weighted by atomic mass is 16.3. The minimum atomic E-state index is -0.154. The number of carbonyl (C=O) groups excluding carboxylic acids is 1. The Bertz CT molecular complexity index is 982. The Kier molecular flexibility index (Phi) is 4.74. The van der Waals surface area contributed by atoms with Crippen molar-refractivity contribution in [3.63, 3.8) is 0 Å². The van der Waals surface area contributed by atoms with Crippen molar-refractivity contribution in [2.45, 2.75) is 40.2 Å². The van der Waals surface area contributed by atoms with Gasteiger partial charge in [0.1, 0.15) is 5.58 Å². The van der Waals surface area contributed by atoms with E-state index in [4.69, 9.17) is 4.42 Å². The van der Waals surface area contributed by atoms with Crippen LogP contribution in [0.3, 0.4) is 0 Å². The minimum absolute atomic E-state index is 0.137. The summed E-state index contributed by atoms with van der Waals surface area (Å²) in [6.07, 6.45) is 2.80. The van der Waals surface area contributed by atoms with E-state index in [1.807, 2.05) is 32.0 Å². The summed E-state index contributed by atoms with van der Waals surface area (Å²) in [4.78, 5) is 27.0. The molecule has 0 unspecified atom stereocenters. The van der Waals surface area contributed by atoms with Crippen molar-refractivity contribution in [3.8, 4) is 0 Å². The van der Waals surface area contributed by atoms with Crippen molar-refractivity contribution in [1.82, 2.24) is 10.3 Å². The molecule has 1 amide bonds. The third-order valence-corrected chi connectivity index (χ3v) is 4.44. The second kappa shape index (κ2) is 6.97. The van der Waals surface area contributed by atoms with Crippen LogP contribution < -0.4 is 10.9 Å². The van der Waals surface area contributed by atoms with Gasteiger partial charge in [-0.3, -0.25) is 9.59 Å². The van der Waals surface area contributed by atoms with Gasteiger partial charge in [0.15, 0.2) is 0 Å². The highest BCUT2D eigenvalue weighted by Gasteiger charge is 2.12. The second-order valence-corrected chi connectivity index (χ2v) is 6.34. The number of H-pyrrole nitrogens is 1. The first-order valence-corrected chi connectivity index (χ1v) is 8.43. The first kappa shape index (κ1) is 17.0. The third kappa shape index (κ3) is 3.65. The summed E-state index contributed by atoms with van der Waals surface area (Å²) < 4.78 is 5.57. The van der Waals surface area contributed by atoms with Gasteiger partial charge in [0.05, 0.1) is 12.7 Å². The number of nitrogens with one attached hydrogen (secondary N) is 2. The second-order valence-electron chi connectivity index (χ2n) is 6.34. The predicted octanol–water partition coefficient (Wildman–Crippen LogP) is 3.16. The van der Waals surface area contributed by atoms with Gasteiger partial charge in [0, 0.05) is 28.8 Å². The number of carbonyl (C=O) groups is 1. The van der Waals surface area contributed by atoms with Crippen LogP contribution in [-0.2, 0) is 24.2 Å². The maximum absolute atomic E-state index is 12.3. The highest BCUT2D eigenvalue weighted by molar-refractivity contribution is 5.87. The fourth-order valence-corrected chi connectivity index (χ4v) is 3.01. The van der Waals surface area contributed by atoms with Crippen LogP contribution in [0.25, 0.3) is 11.0 Å². The molecule has 0 saturated carbocycles. The lowest BCUT2D eigenvalue weighted by Crippen LogP contribution is -2.28. The average Bonchev–Trinajstić information content (AvgIpc) is 2.95. The number of pyridine rings is 1. The van der Waals surface area contributed by atoms with Gasteiger partial charge < -0.3 is 14.7 Å². The molecule has 0 spiro atoms. The van der Waals surface area contributed by atoms with Crippen LogP contribution in [0.4, 0.5) is 0 Å². The van der Waals surface area contributed by atoms with E-state index in [1.54, 1.807) is 6.26 Å². The Morgan fingerprint density at radius 2 is 2.04 bits per heavy atom. The molecule has 5 nitrogen and oxygen atoms in total. The molecule has 0 bridgehead atoms. The number of benzene rings is 1. The van der Waals surface area contributed by atoms with Crippen molar-refractivity contribution < 1.29 is 9.21 Å². The van der Waals surface area contributed by atoms with Crippen LogP contribution >= 0.6 is 0 Å². The van der Waals surface area contributed by atoms with Crippen LogP contribution in [0.2, 0.25) is 0 Å². The van der Waals surface area contributed by atoms with E-state index in [-0.39, 0.29) is 24.4 Å². The molecule has 0 radical (unpaired) electrons. The quantitative estimate of drug-likeness (QED) is 0.750. The van der Waals surface area contributed by atoms with Crippen LogP contribution in [-0.4, -0.2) is 10.9 Å². The molecule has 1 aromatic carbocycles. The predicted molar refractivity (Wildman–Crippen MR) is 97.7 cm³/mol. The monoisotopic (exact) mass is 338 g/mol. The molecule has 0 aliphatic carbocycles. The summed E-state index contributed by atoms with van der Waals surface area (Å²) in [7, 11) is 0. The molecule has 0 aliphatic rings.